The van der Waals surface area contributed by atoms with Crippen LogP contribution in [0.5, 0.6) is 0 Å². The molecule has 0 spiro atoms. The summed E-state index contributed by atoms with van der Waals surface area (Å²) in [5.41, 5.74) is 0.541. The van der Waals surface area contributed by atoms with Gasteiger partial charge < -0.3 is 10.2 Å². The third-order valence-corrected chi connectivity index (χ3v) is 5.70. The number of fused-ring (bicyclic) bond motifs is 1. The zero-order valence-electron chi connectivity index (χ0n) is 17.7. The fourth-order valence-corrected chi connectivity index (χ4v) is 4.04. The predicted molar refractivity (Wildman–Crippen MR) is 119 cm³/mol. The second kappa shape index (κ2) is 8.30. The SMILES string of the molecule is CC(C)n1nc(N2CCCCC2CNc2nc3ccccc3c(=O)n2C)ccc1=O. The lowest BCUT2D eigenvalue weighted by molar-refractivity contribution is 0.450. The van der Waals surface area contributed by atoms with E-state index >= 15 is 0 Å². The normalized spacial score (nSPS) is 16.9. The number of aromatic nitrogens is 4. The maximum absolute atomic E-state index is 12.6. The molecule has 0 aliphatic carbocycles. The van der Waals surface area contributed by atoms with Gasteiger partial charge in [0.2, 0.25) is 5.95 Å². The van der Waals surface area contributed by atoms with E-state index < -0.39 is 0 Å². The molecule has 1 fully saturated rings. The van der Waals surface area contributed by atoms with Crippen molar-refractivity contribution in [2.24, 2.45) is 7.05 Å². The molecule has 158 valence electrons. The first kappa shape index (κ1) is 20.1. The van der Waals surface area contributed by atoms with E-state index in [1.807, 2.05) is 38.1 Å². The van der Waals surface area contributed by atoms with Crippen LogP contribution >= 0.6 is 0 Å². The Hall–Kier alpha value is -3.16. The van der Waals surface area contributed by atoms with E-state index in [0.29, 0.717) is 23.4 Å². The second-order valence-electron chi connectivity index (χ2n) is 8.11. The molecule has 0 amide bonds. The van der Waals surface area contributed by atoms with Crippen molar-refractivity contribution in [3.8, 4) is 0 Å². The molecular formula is C22H28N6O2. The largest absolute Gasteiger partial charge is 0.353 e. The Labute approximate surface area is 175 Å². The third kappa shape index (κ3) is 3.81. The highest BCUT2D eigenvalue weighted by atomic mass is 16.1. The summed E-state index contributed by atoms with van der Waals surface area (Å²) in [6.45, 7) is 5.44. The Balaban J connectivity index is 1.59. The van der Waals surface area contributed by atoms with Gasteiger partial charge in [0.15, 0.2) is 0 Å². The van der Waals surface area contributed by atoms with Crippen LogP contribution in [0.4, 0.5) is 11.8 Å². The maximum atomic E-state index is 12.6. The molecule has 1 aliphatic heterocycles. The summed E-state index contributed by atoms with van der Waals surface area (Å²) >= 11 is 0. The Morgan fingerprint density at radius 1 is 1.13 bits per heavy atom. The van der Waals surface area contributed by atoms with Crippen molar-refractivity contribution >= 4 is 22.7 Å². The summed E-state index contributed by atoms with van der Waals surface area (Å²) in [6, 6.07) is 11.0. The van der Waals surface area contributed by atoms with Gasteiger partial charge in [0, 0.05) is 32.2 Å². The van der Waals surface area contributed by atoms with Gasteiger partial charge in [-0.1, -0.05) is 12.1 Å². The van der Waals surface area contributed by atoms with E-state index in [1.54, 1.807) is 23.7 Å². The van der Waals surface area contributed by atoms with E-state index in [9.17, 15) is 9.59 Å². The van der Waals surface area contributed by atoms with Crippen LogP contribution in [-0.4, -0.2) is 38.5 Å². The van der Waals surface area contributed by atoms with Crippen LogP contribution in [0.1, 0.15) is 39.2 Å². The topological polar surface area (TPSA) is 85.1 Å². The molecule has 1 unspecified atom stereocenters. The van der Waals surface area contributed by atoms with Crippen LogP contribution in [0.2, 0.25) is 0 Å². The zero-order valence-corrected chi connectivity index (χ0v) is 17.7. The molecule has 1 aromatic carbocycles. The number of anilines is 2. The van der Waals surface area contributed by atoms with Gasteiger partial charge in [0.25, 0.3) is 11.1 Å². The van der Waals surface area contributed by atoms with Crippen LogP contribution in [0.15, 0.2) is 46.0 Å². The monoisotopic (exact) mass is 408 g/mol. The van der Waals surface area contributed by atoms with Crippen LogP contribution in [0.3, 0.4) is 0 Å². The van der Waals surface area contributed by atoms with Crippen LogP contribution in [-0.2, 0) is 7.05 Å². The van der Waals surface area contributed by atoms with Crippen LogP contribution in [0.25, 0.3) is 10.9 Å². The number of hydrogen-bond donors (Lipinski definition) is 1. The minimum absolute atomic E-state index is 0.00939. The Kier molecular flexibility index (Phi) is 5.57. The molecule has 4 rings (SSSR count). The number of nitrogens with zero attached hydrogens (tertiary/aromatic N) is 5. The molecule has 2 aromatic heterocycles. The van der Waals surface area contributed by atoms with Gasteiger partial charge in [-0.2, -0.15) is 5.10 Å². The Morgan fingerprint density at radius 2 is 1.93 bits per heavy atom. The molecule has 1 N–H and O–H groups in total. The molecule has 8 nitrogen and oxygen atoms in total. The van der Waals surface area contributed by atoms with E-state index in [4.69, 9.17) is 0 Å². The fraction of sp³-hybridized carbons (Fsp3) is 0.455. The van der Waals surface area contributed by atoms with Crippen molar-refractivity contribution in [3.63, 3.8) is 0 Å². The fourth-order valence-electron chi connectivity index (χ4n) is 4.04. The standard InChI is InChI=1S/C22H28N6O2/c1-15(2)28-20(29)12-11-19(25-28)27-13-7-6-8-16(27)14-23-22-24-18-10-5-4-9-17(18)21(30)26(22)3/h4-5,9-12,15-16H,6-8,13-14H2,1-3H3,(H,23,24). The molecule has 0 bridgehead atoms. The summed E-state index contributed by atoms with van der Waals surface area (Å²) < 4.78 is 3.09. The lowest BCUT2D eigenvalue weighted by Crippen LogP contribution is -2.45. The van der Waals surface area contributed by atoms with Crippen molar-refractivity contribution in [3.05, 3.63) is 57.1 Å². The maximum Gasteiger partial charge on any atom is 0.267 e. The molecular weight excluding hydrogens is 380 g/mol. The molecule has 3 heterocycles. The van der Waals surface area contributed by atoms with Gasteiger partial charge in [0.1, 0.15) is 5.82 Å². The molecule has 3 aromatic rings. The van der Waals surface area contributed by atoms with Crippen molar-refractivity contribution < 1.29 is 0 Å². The zero-order chi connectivity index (χ0) is 21.3. The minimum Gasteiger partial charge on any atom is -0.353 e. The average molecular weight is 409 g/mol. The number of nitrogens with one attached hydrogen (secondary N) is 1. The lowest BCUT2D eigenvalue weighted by Gasteiger charge is -2.37. The average Bonchev–Trinajstić information content (AvgIpc) is 2.76. The smallest absolute Gasteiger partial charge is 0.267 e. The summed E-state index contributed by atoms with van der Waals surface area (Å²) in [5.74, 6) is 1.37. The number of para-hydroxylation sites is 1. The van der Waals surface area contributed by atoms with Gasteiger partial charge in [-0.05, 0) is 51.3 Å². The Morgan fingerprint density at radius 3 is 2.73 bits per heavy atom. The lowest BCUT2D eigenvalue weighted by atomic mass is 10.0. The number of hydrogen-bond acceptors (Lipinski definition) is 6. The molecule has 0 saturated carbocycles. The number of benzene rings is 1. The highest BCUT2D eigenvalue weighted by molar-refractivity contribution is 5.78. The molecule has 1 saturated heterocycles. The predicted octanol–water partition coefficient (Wildman–Crippen LogP) is 2.54. The van der Waals surface area contributed by atoms with Gasteiger partial charge in [0.05, 0.1) is 16.9 Å². The van der Waals surface area contributed by atoms with Crippen molar-refractivity contribution in [1.29, 1.82) is 0 Å². The van der Waals surface area contributed by atoms with E-state index in [1.165, 1.54) is 4.68 Å². The van der Waals surface area contributed by atoms with Gasteiger partial charge in [-0.15, -0.1) is 0 Å². The van der Waals surface area contributed by atoms with Gasteiger partial charge in [-0.25, -0.2) is 9.67 Å². The summed E-state index contributed by atoms with van der Waals surface area (Å²) in [4.78, 5) is 31.6. The number of rotatable bonds is 5. The van der Waals surface area contributed by atoms with Crippen LogP contribution < -0.4 is 21.3 Å². The molecule has 8 heteroatoms. The minimum atomic E-state index is -0.0872. The second-order valence-corrected chi connectivity index (χ2v) is 8.11. The van der Waals surface area contributed by atoms with Crippen molar-refractivity contribution in [1.82, 2.24) is 19.3 Å². The summed E-state index contributed by atoms with van der Waals surface area (Å²) in [6.07, 6.45) is 3.24. The van der Waals surface area contributed by atoms with E-state index in [-0.39, 0.29) is 23.2 Å². The first-order valence-electron chi connectivity index (χ1n) is 10.5. The molecule has 1 aliphatic rings. The molecule has 0 radical (unpaired) electrons. The highest BCUT2D eigenvalue weighted by Crippen LogP contribution is 2.23. The van der Waals surface area contributed by atoms with E-state index in [2.05, 4.69) is 20.3 Å². The van der Waals surface area contributed by atoms with Crippen molar-refractivity contribution in [2.75, 3.05) is 23.3 Å². The van der Waals surface area contributed by atoms with Gasteiger partial charge in [-0.3, -0.25) is 14.2 Å². The molecule has 1 atom stereocenters. The van der Waals surface area contributed by atoms with E-state index in [0.717, 1.165) is 31.6 Å². The first-order valence-corrected chi connectivity index (χ1v) is 10.5. The third-order valence-electron chi connectivity index (χ3n) is 5.70. The summed E-state index contributed by atoms with van der Waals surface area (Å²) in [7, 11) is 1.74. The highest BCUT2D eigenvalue weighted by Gasteiger charge is 2.25. The Bertz CT molecular complexity index is 1170. The number of piperidine rings is 1. The van der Waals surface area contributed by atoms with Crippen LogP contribution in [0, 0.1) is 0 Å². The quantitative estimate of drug-likeness (QED) is 0.698. The van der Waals surface area contributed by atoms with Crippen molar-refractivity contribution in [2.45, 2.75) is 45.2 Å². The van der Waals surface area contributed by atoms with Gasteiger partial charge >= 0.3 is 0 Å². The first-order chi connectivity index (χ1) is 14.5. The summed E-state index contributed by atoms with van der Waals surface area (Å²) in [5, 5.41) is 8.60. The molecule has 30 heavy (non-hydrogen) atoms.